The standard InChI is InChI=1S/C8H18N4O4S/c1-4-8(5-2,6(9)10)12-17(14,15)11-7(13)16-3/h12H,4-5H2,1-3H3,(H3,9,10)(H,11,13). The maximum absolute atomic E-state index is 11.6. The number of carbonyl (C=O) groups is 1. The fraction of sp³-hybridized carbons (Fsp3) is 0.750. The zero-order valence-corrected chi connectivity index (χ0v) is 10.8. The molecule has 0 atom stereocenters. The van der Waals surface area contributed by atoms with Crippen LogP contribution in [-0.2, 0) is 14.9 Å². The summed E-state index contributed by atoms with van der Waals surface area (Å²) in [6.07, 6.45) is -0.524. The van der Waals surface area contributed by atoms with Gasteiger partial charge in [-0.05, 0) is 12.8 Å². The maximum Gasteiger partial charge on any atom is 0.421 e. The molecule has 0 saturated carbocycles. The fourth-order valence-electron chi connectivity index (χ4n) is 1.26. The molecule has 0 aliphatic carbocycles. The molecule has 0 heterocycles. The van der Waals surface area contributed by atoms with Crippen LogP contribution in [0, 0.1) is 5.41 Å². The first kappa shape index (κ1) is 15.7. The molecule has 0 rings (SSSR count). The number of nitrogens with two attached hydrogens (primary N) is 1. The molecule has 5 N–H and O–H groups in total. The summed E-state index contributed by atoms with van der Waals surface area (Å²) in [6, 6.07) is 0. The Balaban J connectivity index is 5.01. The first-order valence-corrected chi connectivity index (χ1v) is 6.45. The van der Waals surface area contributed by atoms with Gasteiger partial charge in [-0.2, -0.15) is 13.1 Å². The van der Waals surface area contributed by atoms with Gasteiger partial charge < -0.3 is 10.5 Å². The van der Waals surface area contributed by atoms with Crippen molar-refractivity contribution in [3.8, 4) is 0 Å². The summed E-state index contributed by atoms with van der Waals surface area (Å²) < 4.78 is 31.1. The molecule has 9 heteroatoms. The van der Waals surface area contributed by atoms with Gasteiger partial charge in [0, 0.05) is 0 Å². The second-order valence-corrected chi connectivity index (χ2v) is 4.82. The van der Waals surface area contributed by atoms with Crippen molar-refractivity contribution >= 4 is 22.1 Å². The molecule has 1 amide bonds. The van der Waals surface area contributed by atoms with E-state index >= 15 is 0 Å². The van der Waals surface area contributed by atoms with E-state index in [1.807, 2.05) is 0 Å². The molecule has 0 unspecified atom stereocenters. The summed E-state index contributed by atoms with van der Waals surface area (Å²) >= 11 is 0. The molecule has 0 radical (unpaired) electrons. The van der Waals surface area contributed by atoms with Gasteiger partial charge in [-0.15, -0.1) is 0 Å². The topological polar surface area (TPSA) is 134 Å². The number of methoxy groups -OCH3 is 1. The summed E-state index contributed by atoms with van der Waals surface area (Å²) in [5.74, 6) is -0.308. The van der Waals surface area contributed by atoms with E-state index in [0.717, 1.165) is 7.11 Å². The van der Waals surface area contributed by atoms with Crippen molar-refractivity contribution in [2.45, 2.75) is 32.2 Å². The lowest BCUT2D eigenvalue weighted by Gasteiger charge is -2.30. The Morgan fingerprint density at radius 1 is 1.41 bits per heavy atom. The van der Waals surface area contributed by atoms with Crippen molar-refractivity contribution in [1.82, 2.24) is 9.44 Å². The van der Waals surface area contributed by atoms with Crippen LogP contribution in [0.4, 0.5) is 4.79 Å². The van der Waals surface area contributed by atoms with Gasteiger partial charge in [0.1, 0.15) is 5.84 Å². The van der Waals surface area contributed by atoms with Crippen LogP contribution in [0.15, 0.2) is 0 Å². The quantitative estimate of drug-likeness (QED) is 0.386. The molecular formula is C8H18N4O4S. The van der Waals surface area contributed by atoms with Gasteiger partial charge in [-0.25, -0.2) is 9.52 Å². The van der Waals surface area contributed by atoms with Crippen LogP contribution in [0.2, 0.25) is 0 Å². The minimum Gasteiger partial charge on any atom is -0.452 e. The Morgan fingerprint density at radius 3 is 2.18 bits per heavy atom. The van der Waals surface area contributed by atoms with E-state index in [0.29, 0.717) is 12.8 Å². The van der Waals surface area contributed by atoms with Crippen molar-refractivity contribution in [3.63, 3.8) is 0 Å². The van der Waals surface area contributed by atoms with Crippen LogP contribution in [0.5, 0.6) is 0 Å². The van der Waals surface area contributed by atoms with Crippen molar-refractivity contribution in [2.75, 3.05) is 7.11 Å². The number of ether oxygens (including phenoxy) is 1. The van der Waals surface area contributed by atoms with E-state index in [4.69, 9.17) is 11.1 Å². The van der Waals surface area contributed by atoms with Gasteiger partial charge in [-0.3, -0.25) is 5.41 Å². The number of carbonyl (C=O) groups excluding carboxylic acids is 1. The fourth-order valence-corrected chi connectivity index (χ4v) is 2.53. The Morgan fingerprint density at radius 2 is 1.88 bits per heavy atom. The molecular weight excluding hydrogens is 248 g/mol. The highest BCUT2D eigenvalue weighted by Crippen LogP contribution is 2.15. The summed E-state index contributed by atoms with van der Waals surface area (Å²) in [5, 5.41) is 7.41. The van der Waals surface area contributed by atoms with Crippen molar-refractivity contribution < 1.29 is 17.9 Å². The summed E-state index contributed by atoms with van der Waals surface area (Å²) in [7, 11) is -3.07. The van der Waals surface area contributed by atoms with E-state index in [1.54, 1.807) is 18.6 Å². The van der Waals surface area contributed by atoms with Crippen molar-refractivity contribution in [3.05, 3.63) is 0 Å². The van der Waals surface area contributed by atoms with E-state index in [1.165, 1.54) is 0 Å². The van der Waals surface area contributed by atoms with E-state index in [-0.39, 0.29) is 5.84 Å². The second kappa shape index (κ2) is 5.82. The first-order chi connectivity index (χ1) is 7.73. The third-order valence-corrected chi connectivity index (χ3v) is 3.55. The minimum absolute atomic E-state index is 0.293. The number of hydrogen-bond acceptors (Lipinski definition) is 5. The third kappa shape index (κ3) is 4.19. The number of hydrogen-bond donors (Lipinski definition) is 4. The largest absolute Gasteiger partial charge is 0.452 e. The molecule has 100 valence electrons. The van der Waals surface area contributed by atoms with Crippen LogP contribution in [0.3, 0.4) is 0 Å². The molecule has 0 aromatic carbocycles. The van der Waals surface area contributed by atoms with E-state index in [9.17, 15) is 13.2 Å². The molecule has 0 fully saturated rings. The normalized spacial score (nSPS) is 11.9. The van der Waals surface area contributed by atoms with Crippen LogP contribution in [0.25, 0.3) is 0 Å². The SMILES string of the molecule is CCC(CC)(NS(=O)(=O)NC(=O)OC)C(=N)N. The molecule has 0 spiro atoms. The lowest BCUT2D eigenvalue weighted by atomic mass is 9.93. The van der Waals surface area contributed by atoms with Gasteiger partial charge >= 0.3 is 16.3 Å². The van der Waals surface area contributed by atoms with E-state index in [2.05, 4.69) is 9.46 Å². The van der Waals surface area contributed by atoms with Crippen LogP contribution < -0.4 is 15.2 Å². The van der Waals surface area contributed by atoms with Gasteiger partial charge in [-0.1, -0.05) is 13.8 Å². The molecule has 0 aliphatic heterocycles. The molecule has 8 nitrogen and oxygen atoms in total. The smallest absolute Gasteiger partial charge is 0.421 e. The van der Waals surface area contributed by atoms with Gasteiger partial charge in [0.15, 0.2) is 0 Å². The molecule has 0 aliphatic rings. The zero-order valence-electron chi connectivity index (χ0n) is 10.0. The highest BCUT2D eigenvalue weighted by molar-refractivity contribution is 7.88. The molecule has 0 saturated heterocycles. The number of nitrogens with one attached hydrogen (secondary N) is 3. The summed E-state index contributed by atoms with van der Waals surface area (Å²) in [5.41, 5.74) is 4.18. The Hall–Kier alpha value is -1.35. The highest BCUT2D eigenvalue weighted by atomic mass is 32.2. The Bertz CT molecular complexity index is 388. The highest BCUT2D eigenvalue weighted by Gasteiger charge is 2.35. The predicted octanol–water partition coefficient (Wildman–Crippen LogP) is -0.328. The molecule has 0 aromatic rings. The maximum atomic E-state index is 11.6. The number of amides is 1. The number of amidine groups is 1. The molecule has 0 aromatic heterocycles. The Kier molecular flexibility index (Phi) is 5.36. The van der Waals surface area contributed by atoms with Crippen LogP contribution >= 0.6 is 0 Å². The van der Waals surface area contributed by atoms with Gasteiger partial charge in [0.25, 0.3) is 0 Å². The van der Waals surface area contributed by atoms with Crippen LogP contribution in [-0.4, -0.2) is 33.0 Å². The summed E-state index contributed by atoms with van der Waals surface area (Å²) in [4.78, 5) is 10.8. The van der Waals surface area contributed by atoms with Crippen molar-refractivity contribution in [2.24, 2.45) is 5.73 Å². The second-order valence-electron chi connectivity index (χ2n) is 3.40. The zero-order chi connectivity index (χ0) is 13.7. The monoisotopic (exact) mass is 266 g/mol. The predicted molar refractivity (Wildman–Crippen MR) is 62.8 cm³/mol. The molecule has 0 bridgehead atoms. The lowest BCUT2D eigenvalue weighted by molar-refractivity contribution is 0.177. The number of rotatable bonds is 6. The Labute approximate surface area is 101 Å². The first-order valence-electron chi connectivity index (χ1n) is 4.97. The van der Waals surface area contributed by atoms with Gasteiger partial charge in [0.05, 0.1) is 12.6 Å². The van der Waals surface area contributed by atoms with Gasteiger partial charge in [0.2, 0.25) is 0 Å². The minimum atomic E-state index is -4.12. The van der Waals surface area contributed by atoms with Crippen molar-refractivity contribution in [1.29, 1.82) is 5.41 Å². The van der Waals surface area contributed by atoms with E-state index < -0.39 is 21.8 Å². The average Bonchev–Trinajstić information content (AvgIpc) is 2.24. The van der Waals surface area contributed by atoms with Crippen LogP contribution in [0.1, 0.15) is 26.7 Å². The third-order valence-electron chi connectivity index (χ3n) is 2.46. The molecule has 17 heavy (non-hydrogen) atoms. The summed E-state index contributed by atoms with van der Waals surface area (Å²) in [6.45, 7) is 3.37. The average molecular weight is 266 g/mol. The lowest BCUT2D eigenvalue weighted by Crippen LogP contribution is -2.59.